The van der Waals surface area contributed by atoms with Gasteiger partial charge in [0.2, 0.25) is 0 Å². The van der Waals surface area contributed by atoms with E-state index in [0.29, 0.717) is 40.6 Å². The second-order valence-electron chi connectivity index (χ2n) is 5.07. The van der Waals surface area contributed by atoms with Crippen LogP contribution in [0.3, 0.4) is 0 Å². The summed E-state index contributed by atoms with van der Waals surface area (Å²) in [5.41, 5.74) is 0.571. The molecule has 1 heterocycles. The highest BCUT2D eigenvalue weighted by molar-refractivity contribution is 8.26. The Morgan fingerprint density at radius 3 is 2.74 bits per heavy atom. The zero-order valence-corrected chi connectivity index (χ0v) is 14.0. The van der Waals surface area contributed by atoms with E-state index in [1.807, 2.05) is 0 Å². The summed E-state index contributed by atoms with van der Waals surface area (Å²) in [6, 6.07) is 6.78. The molecule has 1 aromatic rings. The predicted molar refractivity (Wildman–Crippen MR) is 91.5 cm³/mol. The standard InChI is InChI=1S/C16H17NO4S2/c18-12-7-4-3-6-11(12)10-13-15(21)17(16(22)23-13)9-5-1-2-8-14(19)20/h3-4,6-7,10,18H,1-2,5,8-9H2,(H,19,20)/p-1/b13-10-. The van der Waals surface area contributed by atoms with Gasteiger partial charge in [0, 0.05) is 18.1 Å². The van der Waals surface area contributed by atoms with E-state index in [4.69, 9.17) is 12.2 Å². The van der Waals surface area contributed by atoms with Gasteiger partial charge >= 0.3 is 0 Å². The Morgan fingerprint density at radius 1 is 1.30 bits per heavy atom. The van der Waals surface area contributed by atoms with Gasteiger partial charge in [0.15, 0.2) is 0 Å². The van der Waals surface area contributed by atoms with Crippen molar-refractivity contribution in [3.8, 4) is 5.75 Å². The first-order chi connectivity index (χ1) is 11.0. The number of carbonyl (C=O) groups is 2. The van der Waals surface area contributed by atoms with Crippen LogP contribution in [0.2, 0.25) is 0 Å². The number of nitrogens with zero attached hydrogens (tertiary/aromatic N) is 1. The van der Waals surface area contributed by atoms with Crippen LogP contribution in [0.15, 0.2) is 29.2 Å². The molecule has 122 valence electrons. The molecular formula is C16H16NO4S2-. The van der Waals surface area contributed by atoms with Crippen molar-refractivity contribution in [1.29, 1.82) is 0 Å². The lowest BCUT2D eigenvalue weighted by Gasteiger charge is -2.14. The average molecular weight is 350 g/mol. The zero-order valence-electron chi connectivity index (χ0n) is 12.4. The van der Waals surface area contributed by atoms with Crippen molar-refractivity contribution in [3.05, 3.63) is 34.7 Å². The molecule has 0 saturated carbocycles. The highest BCUT2D eigenvalue weighted by Gasteiger charge is 2.31. The fourth-order valence-electron chi connectivity index (χ4n) is 2.16. The minimum atomic E-state index is -1.05. The van der Waals surface area contributed by atoms with E-state index < -0.39 is 5.97 Å². The van der Waals surface area contributed by atoms with Gasteiger partial charge in [0.25, 0.3) is 5.91 Å². The molecule has 0 aromatic heterocycles. The second-order valence-corrected chi connectivity index (χ2v) is 6.75. The highest BCUT2D eigenvalue weighted by Crippen LogP contribution is 2.34. The van der Waals surface area contributed by atoms with Crippen LogP contribution in [0.1, 0.15) is 31.2 Å². The Labute approximate surface area is 144 Å². The van der Waals surface area contributed by atoms with Gasteiger partial charge in [-0.1, -0.05) is 48.6 Å². The number of phenolic OH excluding ortho intramolecular Hbond substituents is 1. The molecule has 1 amide bonds. The number of unbranched alkanes of at least 4 members (excludes halogenated alkanes) is 2. The van der Waals surface area contributed by atoms with Gasteiger partial charge in [0.05, 0.1) is 4.91 Å². The third-order valence-corrected chi connectivity index (χ3v) is 4.74. The monoisotopic (exact) mass is 350 g/mol. The molecule has 2 rings (SSSR count). The number of para-hydroxylation sites is 1. The molecule has 1 saturated heterocycles. The molecule has 1 aliphatic rings. The van der Waals surface area contributed by atoms with Crippen molar-refractivity contribution >= 4 is 46.3 Å². The van der Waals surface area contributed by atoms with E-state index in [2.05, 4.69) is 0 Å². The average Bonchev–Trinajstić information content (AvgIpc) is 2.76. The van der Waals surface area contributed by atoms with E-state index >= 15 is 0 Å². The Balaban J connectivity index is 1.95. The number of benzene rings is 1. The van der Waals surface area contributed by atoms with Crippen molar-refractivity contribution in [2.45, 2.75) is 25.7 Å². The fraction of sp³-hybridized carbons (Fsp3) is 0.312. The van der Waals surface area contributed by atoms with Gasteiger partial charge in [-0.15, -0.1) is 0 Å². The summed E-state index contributed by atoms with van der Waals surface area (Å²) in [6.45, 7) is 0.468. The lowest BCUT2D eigenvalue weighted by Crippen LogP contribution is -2.29. The van der Waals surface area contributed by atoms with E-state index in [9.17, 15) is 19.8 Å². The van der Waals surface area contributed by atoms with Crippen molar-refractivity contribution in [1.82, 2.24) is 4.90 Å². The van der Waals surface area contributed by atoms with Gasteiger partial charge in [-0.2, -0.15) is 0 Å². The lowest BCUT2D eigenvalue weighted by atomic mass is 10.1. The van der Waals surface area contributed by atoms with Crippen LogP contribution in [0.4, 0.5) is 0 Å². The number of aromatic hydroxyl groups is 1. The molecule has 1 aliphatic heterocycles. The molecular weight excluding hydrogens is 334 g/mol. The first kappa shape index (κ1) is 17.5. The second kappa shape index (κ2) is 8.12. The van der Waals surface area contributed by atoms with E-state index in [-0.39, 0.29) is 18.1 Å². The molecule has 0 aliphatic carbocycles. The first-order valence-corrected chi connectivity index (χ1v) is 8.44. The number of rotatable bonds is 7. The maximum absolute atomic E-state index is 12.4. The predicted octanol–water partition coefficient (Wildman–Crippen LogP) is 1.90. The minimum absolute atomic E-state index is 0.0333. The number of carboxylic acids is 1. The number of hydrogen-bond acceptors (Lipinski definition) is 6. The summed E-state index contributed by atoms with van der Waals surface area (Å²) >= 11 is 6.43. The number of hydrogen-bond donors (Lipinski definition) is 1. The molecule has 5 nitrogen and oxygen atoms in total. The van der Waals surface area contributed by atoms with Crippen molar-refractivity contribution in [2.24, 2.45) is 0 Å². The number of thiocarbonyl (C=S) groups is 1. The van der Waals surface area contributed by atoms with E-state index in [1.54, 1.807) is 30.3 Å². The van der Waals surface area contributed by atoms with E-state index in [0.717, 1.165) is 0 Å². The number of carboxylic acid groups (broad SMARTS) is 1. The smallest absolute Gasteiger partial charge is 0.266 e. The molecule has 0 radical (unpaired) electrons. The molecule has 1 N–H and O–H groups in total. The zero-order chi connectivity index (χ0) is 16.8. The fourth-order valence-corrected chi connectivity index (χ4v) is 3.46. The van der Waals surface area contributed by atoms with Crippen molar-refractivity contribution < 1.29 is 19.8 Å². The van der Waals surface area contributed by atoms with Crippen LogP contribution < -0.4 is 5.11 Å². The number of carbonyl (C=O) groups excluding carboxylic acids is 2. The number of aliphatic carboxylic acids is 1. The molecule has 7 heteroatoms. The summed E-state index contributed by atoms with van der Waals surface area (Å²) in [4.78, 5) is 24.7. The number of thioether (sulfide) groups is 1. The van der Waals surface area contributed by atoms with Crippen LogP contribution in [-0.4, -0.2) is 32.7 Å². The summed E-state index contributed by atoms with van der Waals surface area (Å²) in [5.74, 6) is -1.12. The molecule has 0 spiro atoms. The van der Waals surface area contributed by atoms with Crippen LogP contribution >= 0.6 is 24.0 Å². The van der Waals surface area contributed by atoms with E-state index in [1.165, 1.54) is 16.7 Å². The number of amides is 1. The highest BCUT2D eigenvalue weighted by atomic mass is 32.2. The van der Waals surface area contributed by atoms with Crippen LogP contribution in [0, 0.1) is 0 Å². The molecule has 1 aromatic carbocycles. The SMILES string of the molecule is O=C([O-])CCCCCN1C(=O)/C(=C/c2ccccc2O)SC1=S. The van der Waals surface area contributed by atoms with Crippen molar-refractivity contribution in [3.63, 3.8) is 0 Å². The topological polar surface area (TPSA) is 80.7 Å². The van der Waals surface area contributed by atoms with Crippen molar-refractivity contribution in [2.75, 3.05) is 6.54 Å². The Hall–Kier alpha value is -1.86. The summed E-state index contributed by atoms with van der Waals surface area (Å²) in [6.07, 6.45) is 3.58. The van der Waals surface area contributed by atoms with Crippen LogP contribution in [0.5, 0.6) is 5.75 Å². The number of phenols is 1. The quantitative estimate of drug-likeness (QED) is 0.460. The maximum atomic E-state index is 12.4. The largest absolute Gasteiger partial charge is 0.550 e. The molecule has 23 heavy (non-hydrogen) atoms. The minimum Gasteiger partial charge on any atom is -0.550 e. The summed E-state index contributed by atoms with van der Waals surface area (Å²) < 4.78 is 0.483. The molecule has 0 bridgehead atoms. The van der Waals surface area contributed by atoms with Gasteiger partial charge in [0.1, 0.15) is 10.1 Å². The van der Waals surface area contributed by atoms with Crippen LogP contribution in [-0.2, 0) is 9.59 Å². The lowest BCUT2D eigenvalue weighted by molar-refractivity contribution is -0.305. The Bertz CT molecular complexity index is 657. The Morgan fingerprint density at radius 2 is 2.04 bits per heavy atom. The third-order valence-electron chi connectivity index (χ3n) is 3.36. The van der Waals surface area contributed by atoms with Gasteiger partial charge in [-0.05, 0) is 31.4 Å². The third kappa shape index (κ3) is 4.80. The molecule has 1 fully saturated rings. The van der Waals surface area contributed by atoms with Crippen LogP contribution in [0.25, 0.3) is 6.08 Å². The maximum Gasteiger partial charge on any atom is 0.266 e. The normalized spacial score (nSPS) is 16.3. The van der Waals surface area contributed by atoms with Gasteiger partial charge < -0.3 is 15.0 Å². The Kier molecular flexibility index (Phi) is 6.18. The molecule has 0 unspecified atom stereocenters. The molecule has 0 atom stereocenters. The summed E-state index contributed by atoms with van der Waals surface area (Å²) in [5, 5.41) is 20.1. The first-order valence-electron chi connectivity index (χ1n) is 7.22. The summed E-state index contributed by atoms with van der Waals surface area (Å²) in [7, 11) is 0. The van der Waals surface area contributed by atoms with Gasteiger partial charge in [-0.25, -0.2) is 0 Å². The van der Waals surface area contributed by atoms with Gasteiger partial charge in [-0.3, -0.25) is 9.69 Å².